The predicted octanol–water partition coefficient (Wildman–Crippen LogP) is 4.95. The minimum Gasteiger partial charge on any atom is -0.351 e. The smallest absolute Gasteiger partial charge is 0.271 e. The highest BCUT2D eigenvalue weighted by molar-refractivity contribution is 7.17. The molecule has 2 amide bonds. The van der Waals surface area contributed by atoms with Crippen LogP contribution in [0.4, 0.5) is 4.39 Å². The normalized spacial score (nSPS) is 25.7. The van der Waals surface area contributed by atoms with Gasteiger partial charge in [-0.05, 0) is 60.9 Å². The Kier molecular flexibility index (Phi) is 5.32. The van der Waals surface area contributed by atoms with Crippen molar-refractivity contribution in [1.29, 1.82) is 0 Å². The highest BCUT2D eigenvalue weighted by atomic mass is 32.1. The molecule has 1 saturated carbocycles. The number of rotatable bonds is 4. The number of amides is 2. The molecule has 3 aromatic rings. The lowest BCUT2D eigenvalue weighted by Gasteiger charge is -2.45. The van der Waals surface area contributed by atoms with Gasteiger partial charge in [0.05, 0.1) is 16.8 Å². The van der Waals surface area contributed by atoms with E-state index in [2.05, 4.69) is 12.2 Å². The third kappa shape index (κ3) is 3.52. The highest BCUT2D eigenvalue weighted by Crippen LogP contribution is 2.36. The molecule has 1 N–H and O–H groups in total. The zero-order valence-corrected chi connectivity index (χ0v) is 19.3. The van der Waals surface area contributed by atoms with Gasteiger partial charge in [0.25, 0.3) is 5.91 Å². The Balaban J connectivity index is 1.53. The monoisotopic (exact) mass is 453 g/mol. The maximum atomic E-state index is 13.9. The van der Waals surface area contributed by atoms with Crippen LogP contribution in [0.5, 0.6) is 0 Å². The highest BCUT2D eigenvalue weighted by Gasteiger charge is 2.48. The van der Waals surface area contributed by atoms with Crippen LogP contribution in [0.15, 0.2) is 41.8 Å². The van der Waals surface area contributed by atoms with Crippen LogP contribution in [0.1, 0.15) is 55.6 Å². The van der Waals surface area contributed by atoms with Gasteiger partial charge >= 0.3 is 0 Å². The second-order valence-corrected chi connectivity index (χ2v) is 10.4. The van der Waals surface area contributed by atoms with Gasteiger partial charge < -0.3 is 14.8 Å². The summed E-state index contributed by atoms with van der Waals surface area (Å²) in [6.07, 6.45) is 4.36. The first-order valence-corrected chi connectivity index (χ1v) is 12.2. The molecule has 3 heterocycles. The third-order valence-electron chi connectivity index (χ3n) is 7.20. The number of benzene rings is 1. The van der Waals surface area contributed by atoms with Gasteiger partial charge in [0.2, 0.25) is 5.91 Å². The van der Waals surface area contributed by atoms with Crippen LogP contribution >= 0.6 is 11.3 Å². The lowest BCUT2D eigenvalue weighted by molar-refractivity contribution is -0.134. The lowest BCUT2D eigenvalue weighted by atomic mass is 9.85. The summed E-state index contributed by atoms with van der Waals surface area (Å²) in [5.74, 6) is -0.266. The summed E-state index contributed by atoms with van der Waals surface area (Å²) in [6, 6.07) is 10.3. The number of hydrogen-bond acceptors (Lipinski definition) is 3. The molecule has 5 nitrogen and oxygen atoms in total. The van der Waals surface area contributed by atoms with Crippen molar-refractivity contribution >= 4 is 33.4 Å². The fraction of sp³-hybridized carbons (Fsp3) is 0.440. The molecule has 3 atom stereocenters. The number of fused-ring (bicyclic) bond motifs is 3. The Morgan fingerprint density at radius 2 is 2.06 bits per heavy atom. The molecule has 5 rings (SSSR count). The molecule has 32 heavy (non-hydrogen) atoms. The summed E-state index contributed by atoms with van der Waals surface area (Å²) in [7, 11) is 0. The van der Waals surface area contributed by atoms with Crippen LogP contribution in [0.25, 0.3) is 10.2 Å². The minimum absolute atomic E-state index is 0.117. The van der Waals surface area contributed by atoms with Crippen molar-refractivity contribution in [1.82, 2.24) is 14.8 Å². The molecule has 1 aliphatic carbocycles. The van der Waals surface area contributed by atoms with Crippen molar-refractivity contribution < 1.29 is 14.0 Å². The van der Waals surface area contributed by atoms with Gasteiger partial charge in [-0.3, -0.25) is 9.59 Å². The first kappa shape index (κ1) is 21.2. The molecule has 0 bridgehead atoms. The van der Waals surface area contributed by atoms with E-state index in [0.717, 1.165) is 29.5 Å². The molecule has 0 saturated heterocycles. The second kappa shape index (κ2) is 8.03. The van der Waals surface area contributed by atoms with Crippen LogP contribution in [-0.4, -0.2) is 32.9 Å². The molecule has 1 aromatic carbocycles. The predicted molar refractivity (Wildman–Crippen MR) is 124 cm³/mol. The number of thiophene rings is 1. The summed E-state index contributed by atoms with van der Waals surface area (Å²) in [4.78, 5) is 29.1. The van der Waals surface area contributed by atoms with Gasteiger partial charge in [0.1, 0.15) is 17.1 Å². The van der Waals surface area contributed by atoms with Crippen molar-refractivity contribution in [2.24, 2.45) is 5.92 Å². The molecule has 0 radical (unpaired) electrons. The molecular formula is C25H28FN3O2S. The molecular weight excluding hydrogens is 425 g/mol. The number of carbonyl (C=O) groups is 2. The summed E-state index contributed by atoms with van der Waals surface area (Å²) in [5, 5.41) is 5.28. The maximum absolute atomic E-state index is 13.9. The minimum atomic E-state index is -1.08. The number of nitrogens with zero attached hydrogens (tertiary/aromatic N) is 2. The van der Waals surface area contributed by atoms with E-state index in [1.165, 1.54) is 18.6 Å². The average molecular weight is 454 g/mol. The van der Waals surface area contributed by atoms with Crippen molar-refractivity contribution in [3.8, 4) is 0 Å². The third-order valence-corrected chi connectivity index (χ3v) is 8.05. The molecule has 1 aliphatic heterocycles. The zero-order valence-electron chi connectivity index (χ0n) is 18.4. The standard InChI is InChI=1S/C25H28FN3O2S/c1-16-6-3-4-9-19(16)27-24(31)25(2)15-28-20-10-11-32-22(20)13-21(28)23(30)29(25)14-17-7-5-8-18(26)12-17/h5,7-8,10-13,16,19H,3-4,6,9,14-15H2,1-2H3,(H,27,31). The Morgan fingerprint density at radius 1 is 1.25 bits per heavy atom. The summed E-state index contributed by atoms with van der Waals surface area (Å²) < 4.78 is 16.9. The molecule has 7 heteroatoms. The van der Waals surface area contributed by atoms with Crippen molar-refractivity contribution in [2.45, 2.75) is 64.2 Å². The molecule has 0 spiro atoms. The molecule has 2 aliphatic rings. The number of nitrogens with one attached hydrogen (secondary N) is 1. The number of hydrogen-bond donors (Lipinski definition) is 1. The fourth-order valence-electron chi connectivity index (χ4n) is 5.19. The summed E-state index contributed by atoms with van der Waals surface area (Å²) in [5.41, 5.74) is 1.15. The Hall–Kier alpha value is -2.67. The lowest BCUT2D eigenvalue weighted by Crippen LogP contribution is -2.65. The number of carbonyl (C=O) groups excluding carboxylic acids is 2. The van der Waals surface area contributed by atoms with Crippen LogP contribution in [0.2, 0.25) is 0 Å². The van der Waals surface area contributed by atoms with Gasteiger partial charge in [0.15, 0.2) is 0 Å². The van der Waals surface area contributed by atoms with Crippen LogP contribution in [0.3, 0.4) is 0 Å². The van der Waals surface area contributed by atoms with Gasteiger partial charge in [-0.1, -0.05) is 31.9 Å². The molecule has 2 aromatic heterocycles. The van der Waals surface area contributed by atoms with Crippen molar-refractivity contribution in [3.63, 3.8) is 0 Å². The Labute approximate surface area is 191 Å². The van der Waals surface area contributed by atoms with Gasteiger partial charge in [0, 0.05) is 12.6 Å². The average Bonchev–Trinajstić information content (AvgIpc) is 3.35. The Bertz CT molecular complexity index is 1190. The first-order chi connectivity index (χ1) is 15.4. The number of halogens is 1. The van der Waals surface area contributed by atoms with E-state index < -0.39 is 5.54 Å². The van der Waals surface area contributed by atoms with Gasteiger partial charge in [-0.15, -0.1) is 11.3 Å². The van der Waals surface area contributed by atoms with Crippen LogP contribution in [0, 0.1) is 11.7 Å². The first-order valence-electron chi connectivity index (χ1n) is 11.3. The van der Waals surface area contributed by atoms with Crippen LogP contribution < -0.4 is 5.32 Å². The van der Waals surface area contributed by atoms with Crippen LogP contribution in [-0.2, 0) is 17.9 Å². The maximum Gasteiger partial charge on any atom is 0.271 e. The van der Waals surface area contributed by atoms with Crippen molar-refractivity contribution in [3.05, 3.63) is 58.9 Å². The molecule has 168 valence electrons. The van der Waals surface area contributed by atoms with E-state index in [1.54, 1.807) is 28.4 Å². The quantitative estimate of drug-likeness (QED) is 0.608. The number of aromatic nitrogens is 1. The van der Waals surface area contributed by atoms with E-state index in [1.807, 2.05) is 29.0 Å². The van der Waals surface area contributed by atoms with Gasteiger partial charge in [-0.25, -0.2) is 4.39 Å². The SMILES string of the molecule is CC1CCCCC1NC(=O)C1(C)Cn2c(cc3sccc32)C(=O)N1Cc1cccc(F)c1. The second-order valence-electron chi connectivity index (χ2n) is 9.42. The van der Waals surface area contributed by atoms with Crippen molar-refractivity contribution in [2.75, 3.05) is 0 Å². The van der Waals surface area contributed by atoms with Gasteiger partial charge in [-0.2, -0.15) is 0 Å². The van der Waals surface area contributed by atoms with E-state index in [4.69, 9.17) is 0 Å². The molecule has 1 fully saturated rings. The van der Waals surface area contributed by atoms with E-state index in [-0.39, 0.29) is 30.2 Å². The van der Waals surface area contributed by atoms with E-state index >= 15 is 0 Å². The molecule has 3 unspecified atom stereocenters. The van der Waals surface area contributed by atoms with E-state index in [9.17, 15) is 14.0 Å². The topological polar surface area (TPSA) is 54.3 Å². The largest absolute Gasteiger partial charge is 0.351 e. The summed E-state index contributed by atoms with van der Waals surface area (Å²) in [6.45, 7) is 4.58. The fourth-order valence-corrected chi connectivity index (χ4v) is 6.02. The summed E-state index contributed by atoms with van der Waals surface area (Å²) >= 11 is 1.59. The Morgan fingerprint density at radius 3 is 2.84 bits per heavy atom. The zero-order chi connectivity index (χ0) is 22.5. The van der Waals surface area contributed by atoms with E-state index in [0.29, 0.717) is 23.7 Å².